The van der Waals surface area contributed by atoms with Gasteiger partial charge in [-0.2, -0.15) is 0 Å². The van der Waals surface area contributed by atoms with E-state index in [0.29, 0.717) is 67.0 Å². The van der Waals surface area contributed by atoms with Gasteiger partial charge in [-0.15, -0.1) is 0 Å². The zero-order valence-electron chi connectivity index (χ0n) is 24.4. The summed E-state index contributed by atoms with van der Waals surface area (Å²) in [6, 6.07) is 29.1. The van der Waals surface area contributed by atoms with Crippen LogP contribution in [0.3, 0.4) is 0 Å². The number of carbonyl (C=O) groups excluding carboxylic acids is 2. The van der Waals surface area contributed by atoms with E-state index in [4.69, 9.17) is 18.9 Å². The molecule has 0 unspecified atom stereocenters. The fourth-order valence-electron chi connectivity index (χ4n) is 5.52. The van der Waals surface area contributed by atoms with Crippen molar-refractivity contribution in [3.05, 3.63) is 125 Å². The molecule has 2 aliphatic heterocycles. The fourth-order valence-corrected chi connectivity index (χ4v) is 5.52. The van der Waals surface area contributed by atoms with Crippen LogP contribution in [0, 0.1) is 0 Å². The Morgan fingerprint density at radius 1 is 0.818 bits per heavy atom. The first kappa shape index (κ1) is 28.9. The molecule has 8 heteroatoms. The quantitative estimate of drug-likeness (QED) is 0.135. The Hall–Kier alpha value is -5.24. The number of carbonyl (C=O) groups is 2. The molecule has 2 heterocycles. The Bertz CT molecular complexity index is 1680. The number of hydrogen-bond acceptors (Lipinski definition) is 7. The first-order chi connectivity index (χ1) is 21.5. The molecule has 1 saturated heterocycles. The van der Waals surface area contributed by atoms with Gasteiger partial charge in [0.2, 0.25) is 0 Å². The number of ketones is 1. The number of amides is 1. The van der Waals surface area contributed by atoms with Crippen LogP contribution in [-0.4, -0.2) is 48.1 Å². The highest BCUT2D eigenvalue weighted by Gasteiger charge is 2.46. The van der Waals surface area contributed by atoms with Gasteiger partial charge in [-0.1, -0.05) is 66.7 Å². The van der Waals surface area contributed by atoms with Crippen LogP contribution in [0.2, 0.25) is 0 Å². The largest absolute Gasteiger partial charge is 0.507 e. The van der Waals surface area contributed by atoms with Crippen LogP contribution in [0.5, 0.6) is 23.0 Å². The highest BCUT2D eigenvalue weighted by molar-refractivity contribution is 6.46. The summed E-state index contributed by atoms with van der Waals surface area (Å²) < 4.78 is 23.4. The Balaban J connectivity index is 1.40. The van der Waals surface area contributed by atoms with Gasteiger partial charge in [0.1, 0.15) is 25.6 Å². The van der Waals surface area contributed by atoms with Gasteiger partial charge in [0.15, 0.2) is 23.0 Å². The van der Waals surface area contributed by atoms with E-state index in [1.807, 2.05) is 73.7 Å². The van der Waals surface area contributed by atoms with Gasteiger partial charge >= 0.3 is 0 Å². The molecule has 0 spiro atoms. The highest BCUT2D eigenvalue weighted by Crippen LogP contribution is 2.43. The smallest absolute Gasteiger partial charge is 0.295 e. The van der Waals surface area contributed by atoms with Gasteiger partial charge in [-0.05, 0) is 60.4 Å². The molecule has 1 N–H and O–H groups in total. The standard InChI is InChI=1S/C36H33NO7/c1-2-41-30-21-26(13-15-29(30)44-23-25-11-7-4-8-12-25)33-32(34(38)27-14-16-28-31(22-27)43-20-19-42-28)35(39)36(40)37(33)18-17-24-9-5-3-6-10-24/h3-16,21-22,33,38H,2,17-20,23H2,1H3/t33-/m1/s1. The Morgan fingerprint density at radius 3 is 2.25 bits per heavy atom. The second-order valence-electron chi connectivity index (χ2n) is 10.5. The molecule has 4 aromatic rings. The zero-order chi connectivity index (χ0) is 30.5. The number of aliphatic hydroxyl groups excluding tert-OH is 1. The fraction of sp³-hybridized carbons (Fsp3) is 0.222. The summed E-state index contributed by atoms with van der Waals surface area (Å²) in [6.45, 7) is 3.68. The van der Waals surface area contributed by atoms with Crippen molar-refractivity contribution in [2.24, 2.45) is 0 Å². The normalized spacial score (nSPS) is 17.0. The number of aliphatic hydroxyl groups is 1. The van der Waals surface area contributed by atoms with Crippen molar-refractivity contribution >= 4 is 17.4 Å². The van der Waals surface area contributed by atoms with Crippen molar-refractivity contribution in [1.82, 2.24) is 4.90 Å². The van der Waals surface area contributed by atoms with E-state index in [1.54, 1.807) is 30.3 Å². The van der Waals surface area contributed by atoms with E-state index < -0.39 is 17.7 Å². The molecule has 1 fully saturated rings. The van der Waals surface area contributed by atoms with Crippen LogP contribution in [0.1, 0.15) is 35.2 Å². The molecule has 44 heavy (non-hydrogen) atoms. The van der Waals surface area contributed by atoms with Crippen LogP contribution in [0.25, 0.3) is 5.76 Å². The Labute approximate surface area is 256 Å². The topological polar surface area (TPSA) is 94.5 Å². The van der Waals surface area contributed by atoms with Gasteiger partial charge < -0.3 is 29.0 Å². The maximum Gasteiger partial charge on any atom is 0.295 e. The minimum Gasteiger partial charge on any atom is -0.507 e. The third kappa shape index (κ3) is 5.97. The molecule has 1 amide bonds. The van der Waals surface area contributed by atoms with E-state index in [0.717, 1.165) is 11.1 Å². The molecule has 0 radical (unpaired) electrons. The van der Waals surface area contributed by atoms with Crippen LogP contribution in [0.4, 0.5) is 0 Å². The number of hydrogen-bond donors (Lipinski definition) is 1. The third-order valence-electron chi connectivity index (χ3n) is 7.66. The van der Waals surface area contributed by atoms with Crippen LogP contribution >= 0.6 is 0 Å². The van der Waals surface area contributed by atoms with Crippen LogP contribution < -0.4 is 18.9 Å². The predicted octanol–water partition coefficient (Wildman–Crippen LogP) is 6.10. The van der Waals surface area contributed by atoms with Gasteiger partial charge in [0, 0.05) is 12.1 Å². The second kappa shape index (κ2) is 13.0. The SMILES string of the molecule is CCOc1cc([C@@H]2C(=C(O)c3ccc4c(c3)OCCO4)C(=O)C(=O)N2CCc2ccccc2)ccc1OCc1ccccc1. The molecule has 224 valence electrons. The summed E-state index contributed by atoms with van der Waals surface area (Å²) in [5, 5.41) is 11.6. The molecule has 6 rings (SSSR count). The lowest BCUT2D eigenvalue weighted by molar-refractivity contribution is -0.139. The van der Waals surface area contributed by atoms with Gasteiger partial charge in [-0.3, -0.25) is 9.59 Å². The van der Waals surface area contributed by atoms with Gasteiger partial charge in [0.05, 0.1) is 18.2 Å². The van der Waals surface area contributed by atoms with Crippen molar-refractivity contribution < 1.29 is 33.6 Å². The molecule has 8 nitrogen and oxygen atoms in total. The number of rotatable bonds is 10. The van der Waals surface area contributed by atoms with Crippen molar-refractivity contribution in [1.29, 1.82) is 0 Å². The van der Waals surface area contributed by atoms with E-state index in [1.165, 1.54) is 4.90 Å². The Kier molecular flexibility index (Phi) is 8.50. The molecule has 0 bridgehead atoms. The molecule has 1 atom stereocenters. The second-order valence-corrected chi connectivity index (χ2v) is 10.5. The van der Waals surface area contributed by atoms with Crippen molar-refractivity contribution in [2.75, 3.05) is 26.4 Å². The Morgan fingerprint density at radius 2 is 1.52 bits per heavy atom. The van der Waals surface area contributed by atoms with Gasteiger partial charge in [-0.25, -0.2) is 0 Å². The summed E-state index contributed by atoms with van der Waals surface area (Å²) in [4.78, 5) is 28.7. The van der Waals surface area contributed by atoms with Crippen molar-refractivity contribution in [3.8, 4) is 23.0 Å². The minimum absolute atomic E-state index is 0.000131. The van der Waals surface area contributed by atoms with Crippen LogP contribution in [-0.2, 0) is 22.6 Å². The molecular formula is C36H33NO7. The number of fused-ring (bicyclic) bond motifs is 1. The summed E-state index contributed by atoms with van der Waals surface area (Å²) in [5.41, 5.74) is 3.01. The van der Waals surface area contributed by atoms with E-state index in [-0.39, 0.29) is 17.9 Å². The third-order valence-corrected chi connectivity index (χ3v) is 7.66. The lowest BCUT2D eigenvalue weighted by atomic mass is 9.94. The van der Waals surface area contributed by atoms with Crippen LogP contribution in [0.15, 0.2) is 103 Å². The summed E-state index contributed by atoms with van der Waals surface area (Å²) in [6.07, 6.45) is 0.533. The predicted molar refractivity (Wildman–Crippen MR) is 165 cm³/mol. The summed E-state index contributed by atoms with van der Waals surface area (Å²) >= 11 is 0. The average molecular weight is 592 g/mol. The van der Waals surface area contributed by atoms with Crippen molar-refractivity contribution in [3.63, 3.8) is 0 Å². The lowest BCUT2D eigenvalue weighted by Crippen LogP contribution is -2.31. The maximum absolute atomic E-state index is 13.6. The summed E-state index contributed by atoms with van der Waals surface area (Å²) in [5.74, 6) is 0.329. The molecule has 2 aliphatic rings. The molecule has 0 aliphatic carbocycles. The lowest BCUT2D eigenvalue weighted by Gasteiger charge is -2.26. The molecule has 0 saturated carbocycles. The first-order valence-electron chi connectivity index (χ1n) is 14.7. The van der Waals surface area contributed by atoms with E-state index >= 15 is 0 Å². The monoisotopic (exact) mass is 591 g/mol. The highest BCUT2D eigenvalue weighted by atomic mass is 16.6. The van der Waals surface area contributed by atoms with E-state index in [2.05, 4.69) is 0 Å². The first-order valence-corrected chi connectivity index (χ1v) is 14.7. The number of Topliss-reactive ketones (excluding diaryl/α,β-unsaturated/α-hetero) is 1. The molecule has 4 aromatic carbocycles. The molecular weight excluding hydrogens is 558 g/mol. The molecule has 0 aromatic heterocycles. The summed E-state index contributed by atoms with van der Waals surface area (Å²) in [7, 11) is 0. The van der Waals surface area contributed by atoms with Crippen molar-refractivity contribution in [2.45, 2.75) is 26.0 Å². The zero-order valence-corrected chi connectivity index (χ0v) is 24.4. The number of benzene rings is 4. The van der Waals surface area contributed by atoms with Gasteiger partial charge in [0.25, 0.3) is 11.7 Å². The number of nitrogens with zero attached hydrogens (tertiary/aromatic N) is 1. The maximum atomic E-state index is 13.6. The average Bonchev–Trinajstić information content (AvgIpc) is 3.32. The van der Waals surface area contributed by atoms with E-state index in [9.17, 15) is 14.7 Å². The minimum atomic E-state index is -0.853. The number of ether oxygens (including phenoxy) is 4. The number of likely N-dealkylation sites (tertiary alicyclic amines) is 1.